The second-order valence-electron chi connectivity index (χ2n) is 4.14. The maximum atomic E-state index is 11.7. The fourth-order valence-electron chi connectivity index (χ4n) is 1.62. The molecule has 4 heteroatoms. The van der Waals surface area contributed by atoms with Crippen LogP contribution >= 0.6 is 0 Å². The van der Waals surface area contributed by atoms with Crippen molar-refractivity contribution >= 4 is 5.91 Å². The van der Waals surface area contributed by atoms with Gasteiger partial charge in [-0.25, -0.2) is 0 Å². The molecule has 0 saturated carbocycles. The number of hydrogen-bond donors (Lipinski definition) is 2. The van der Waals surface area contributed by atoms with Crippen LogP contribution in [0.15, 0.2) is 12.2 Å². The van der Waals surface area contributed by atoms with Gasteiger partial charge in [-0.05, 0) is 13.8 Å². The molecule has 1 unspecified atom stereocenters. The van der Waals surface area contributed by atoms with Gasteiger partial charge in [0.1, 0.15) is 0 Å². The molecule has 1 rings (SSSR count). The topological polar surface area (TPSA) is 44.4 Å². The van der Waals surface area contributed by atoms with Crippen molar-refractivity contribution in [3.63, 3.8) is 0 Å². The Balaban J connectivity index is 2.33. The summed E-state index contributed by atoms with van der Waals surface area (Å²) in [6.07, 6.45) is 0. The Labute approximate surface area is 91.7 Å². The first kappa shape index (κ1) is 12.2. The molecule has 0 spiro atoms. The van der Waals surface area contributed by atoms with Gasteiger partial charge in [0.05, 0.1) is 6.04 Å². The normalized spacial score (nSPS) is 19.6. The fourth-order valence-corrected chi connectivity index (χ4v) is 1.62. The lowest BCUT2D eigenvalue weighted by Crippen LogP contribution is -2.52. The van der Waals surface area contributed by atoms with E-state index in [-0.39, 0.29) is 11.9 Å². The minimum atomic E-state index is -0.0357. The Morgan fingerprint density at radius 1 is 1.53 bits per heavy atom. The molecular weight excluding hydrogens is 190 g/mol. The number of hydrogen-bond acceptors (Lipinski definition) is 3. The molecule has 2 N–H and O–H groups in total. The number of piperazine rings is 1. The van der Waals surface area contributed by atoms with Crippen LogP contribution in [0.2, 0.25) is 0 Å². The van der Waals surface area contributed by atoms with Gasteiger partial charge in [0, 0.05) is 32.7 Å². The Kier molecular flexibility index (Phi) is 4.78. The van der Waals surface area contributed by atoms with Crippen LogP contribution < -0.4 is 10.6 Å². The average molecular weight is 211 g/mol. The molecule has 1 saturated heterocycles. The summed E-state index contributed by atoms with van der Waals surface area (Å²) in [7, 11) is 0. The van der Waals surface area contributed by atoms with Crippen LogP contribution in [0.3, 0.4) is 0 Å². The van der Waals surface area contributed by atoms with E-state index in [0.29, 0.717) is 6.54 Å². The number of amides is 1. The van der Waals surface area contributed by atoms with Crippen LogP contribution in [0.5, 0.6) is 0 Å². The van der Waals surface area contributed by atoms with Crippen molar-refractivity contribution in [2.24, 2.45) is 0 Å². The highest BCUT2D eigenvalue weighted by molar-refractivity contribution is 5.81. The van der Waals surface area contributed by atoms with E-state index >= 15 is 0 Å². The molecule has 0 radical (unpaired) electrons. The minimum absolute atomic E-state index is 0.0357. The van der Waals surface area contributed by atoms with Gasteiger partial charge in [0.15, 0.2) is 0 Å². The first-order valence-corrected chi connectivity index (χ1v) is 5.48. The van der Waals surface area contributed by atoms with Crippen molar-refractivity contribution < 1.29 is 4.79 Å². The standard InChI is InChI=1S/C11H21N3O/c1-9(2)8-13-11(15)10(3)14-6-4-12-5-7-14/h10,12H,1,4-8H2,2-3H3,(H,13,15). The fraction of sp³-hybridized carbons (Fsp3) is 0.727. The van der Waals surface area contributed by atoms with Crippen LogP contribution in [0.4, 0.5) is 0 Å². The van der Waals surface area contributed by atoms with Crippen molar-refractivity contribution in [1.29, 1.82) is 0 Å². The summed E-state index contributed by atoms with van der Waals surface area (Å²) >= 11 is 0. The molecular formula is C11H21N3O. The number of carbonyl (C=O) groups is 1. The summed E-state index contributed by atoms with van der Waals surface area (Å²) in [5.41, 5.74) is 0.982. The lowest BCUT2D eigenvalue weighted by atomic mass is 10.2. The molecule has 0 bridgehead atoms. The Bertz CT molecular complexity index is 234. The lowest BCUT2D eigenvalue weighted by molar-refractivity contribution is -0.125. The summed E-state index contributed by atoms with van der Waals surface area (Å²) in [6.45, 7) is 12.0. The highest BCUT2D eigenvalue weighted by atomic mass is 16.2. The van der Waals surface area contributed by atoms with E-state index in [9.17, 15) is 4.79 Å². The number of nitrogens with zero attached hydrogens (tertiary/aromatic N) is 1. The molecule has 1 heterocycles. The van der Waals surface area contributed by atoms with Crippen molar-refractivity contribution in [2.75, 3.05) is 32.7 Å². The summed E-state index contributed by atoms with van der Waals surface area (Å²) in [4.78, 5) is 13.9. The molecule has 1 aliphatic heterocycles. The lowest BCUT2D eigenvalue weighted by Gasteiger charge is -2.31. The van der Waals surface area contributed by atoms with Crippen LogP contribution in [-0.4, -0.2) is 49.6 Å². The van der Waals surface area contributed by atoms with Gasteiger partial charge in [0.2, 0.25) is 5.91 Å². The second kappa shape index (κ2) is 5.88. The number of nitrogens with one attached hydrogen (secondary N) is 2. The number of carbonyl (C=O) groups excluding carboxylic acids is 1. The molecule has 1 atom stereocenters. The van der Waals surface area contributed by atoms with E-state index in [1.54, 1.807) is 0 Å². The molecule has 1 fully saturated rings. The molecule has 0 aromatic rings. The van der Waals surface area contributed by atoms with E-state index in [1.807, 2.05) is 13.8 Å². The average Bonchev–Trinajstić information content (AvgIpc) is 2.26. The third-order valence-corrected chi connectivity index (χ3v) is 2.64. The molecule has 1 amide bonds. The molecule has 1 aliphatic rings. The van der Waals surface area contributed by atoms with Crippen LogP contribution in [0.25, 0.3) is 0 Å². The minimum Gasteiger partial charge on any atom is -0.351 e. The van der Waals surface area contributed by atoms with Crippen LogP contribution in [0.1, 0.15) is 13.8 Å². The van der Waals surface area contributed by atoms with E-state index in [0.717, 1.165) is 31.8 Å². The zero-order chi connectivity index (χ0) is 11.3. The van der Waals surface area contributed by atoms with Crippen LogP contribution in [-0.2, 0) is 4.79 Å². The van der Waals surface area contributed by atoms with Crippen molar-refractivity contribution in [2.45, 2.75) is 19.9 Å². The predicted molar refractivity (Wildman–Crippen MR) is 61.7 cm³/mol. The molecule has 0 aliphatic carbocycles. The van der Waals surface area contributed by atoms with Gasteiger partial charge in [0.25, 0.3) is 0 Å². The van der Waals surface area contributed by atoms with Gasteiger partial charge in [-0.15, -0.1) is 0 Å². The first-order valence-electron chi connectivity index (χ1n) is 5.48. The smallest absolute Gasteiger partial charge is 0.237 e. The zero-order valence-corrected chi connectivity index (χ0v) is 9.68. The SMILES string of the molecule is C=C(C)CNC(=O)C(C)N1CCNCC1. The maximum absolute atomic E-state index is 11.7. The quantitative estimate of drug-likeness (QED) is 0.642. The van der Waals surface area contributed by atoms with E-state index in [4.69, 9.17) is 0 Å². The second-order valence-corrected chi connectivity index (χ2v) is 4.14. The Hall–Kier alpha value is -0.870. The highest BCUT2D eigenvalue weighted by Crippen LogP contribution is 2.01. The van der Waals surface area contributed by atoms with E-state index in [2.05, 4.69) is 22.1 Å². The van der Waals surface area contributed by atoms with Crippen molar-refractivity contribution in [3.8, 4) is 0 Å². The van der Waals surface area contributed by atoms with Gasteiger partial charge in [-0.3, -0.25) is 9.69 Å². The van der Waals surface area contributed by atoms with E-state index in [1.165, 1.54) is 0 Å². The van der Waals surface area contributed by atoms with Gasteiger partial charge < -0.3 is 10.6 Å². The van der Waals surface area contributed by atoms with Crippen molar-refractivity contribution in [3.05, 3.63) is 12.2 Å². The predicted octanol–water partition coefficient (Wildman–Crippen LogP) is -0.0276. The van der Waals surface area contributed by atoms with Crippen molar-refractivity contribution in [1.82, 2.24) is 15.5 Å². The molecule has 86 valence electrons. The maximum Gasteiger partial charge on any atom is 0.237 e. The van der Waals surface area contributed by atoms with Gasteiger partial charge in [-0.2, -0.15) is 0 Å². The first-order chi connectivity index (χ1) is 7.11. The highest BCUT2D eigenvalue weighted by Gasteiger charge is 2.21. The number of rotatable bonds is 4. The monoisotopic (exact) mass is 211 g/mol. The largest absolute Gasteiger partial charge is 0.351 e. The summed E-state index contributed by atoms with van der Waals surface area (Å²) in [5, 5.41) is 6.15. The third-order valence-electron chi connectivity index (χ3n) is 2.64. The molecule has 0 aromatic carbocycles. The molecule has 15 heavy (non-hydrogen) atoms. The summed E-state index contributed by atoms with van der Waals surface area (Å²) in [5.74, 6) is 0.0971. The third kappa shape index (κ3) is 4.01. The Morgan fingerprint density at radius 3 is 2.67 bits per heavy atom. The van der Waals surface area contributed by atoms with E-state index < -0.39 is 0 Å². The summed E-state index contributed by atoms with van der Waals surface area (Å²) < 4.78 is 0. The van der Waals surface area contributed by atoms with Gasteiger partial charge >= 0.3 is 0 Å². The zero-order valence-electron chi connectivity index (χ0n) is 9.68. The van der Waals surface area contributed by atoms with Gasteiger partial charge in [-0.1, -0.05) is 12.2 Å². The summed E-state index contributed by atoms with van der Waals surface area (Å²) in [6, 6.07) is -0.0357. The van der Waals surface area contributed by atoms with Crippen LogP contribution in [0, 0.1) is 0 Å². The molecule has 0 aromatic heterocycles. The molecule has 4 nitrogen and oxygen atoms in total. The Morgan fingerprint density at radius 2 is 2.13 bits per heavy atom.